The third kappa shape index (κ3) is 4.46. The van der Waals surface area contributed by atoms with Crippen LogP contribution in [-0.2, 0) is 17.6 Å². The van der Waals surface area contributed by atoms with Gasteiger partial charge < -0.3 is 20.9 Å². The first-order valence-corrected chi connectivity index (χ1v) is 10.6. The third-order valence-electron chi connectivity index (χ3n) is 6.17. The number of hydrogen-bond donors (Lipinski definition) is 2. The van der Waals surface area contributed by atoms with Crippen molar-refractivity contribution in [3.8, 4) is 5.75 Å². The normalized spacial score (nSPS) is 22.1. The van der Waals surface area contributed by atoms with Gasteiger partial charge in [0.05, 0.1) is 6.10 Å². The molecular formula is C24H30N2O3. The molecule has 154 valence electrons. The maximum absolute atomic E-state index is 12.1. The van der Waals surface area contributed by atoms with Crippen LogP contribution >= 0.6 is 0 Å². The van der Waals surface area contributed by atoms with E-state index in [4.69, 9.17) is 20.9 Å². The maximum Gasteiger partial charge on any atom is 0.248 e. The van der Waals surface area contributed by atoms with Crippen LogP contribution in [0.15, 0.2) is 36.4 Å². The number of rotatable bonds is 6. The minimum absolute atomic E-state index is 0.0390. The zero-order valence-corrected chi connectivity index (χ0v) is 17.0. The van der Waals surface area contributed by atoms with Crippen LogP contribution in [0.3, 0.4) is 0 Å². The second-order valence-corrected chi connectivity index (χ2v) is 8.32. The van der Waals surface area contributed by atoms with Crippen molar-refractivity contribution in [3.63, 3.8) is 0 Å². The van der Waals surface area contributed by atoms with E-state index in [0.29, 0.717) is 12.2 Å². The Hall–Kier alpha value is -2.37. The predicted molar refractivity (Wildman–Crippen MR) is 113 cm³/mol. The van der Waals surface area contributed by atoms with Crippen molar-refractivity contribution in [2.24, 2.45) is 11.5 Å². The van der Waals surface area contributed by atoms with Gasteiger partial charge in [0.1, 0.15) is 12.4 Å². The number of fused-ring (bicyclic) bond motifs is 1. The molecular weight excluding hydrogens is 364 g/mol. The highest BCUT2D eigenvalue weighted by molar-refractivity contribution is 5.94. The highest BCUT2D eigenvalue weighted by Gasteiger charge is 2.25. The molecule has 0 bridgehead atoms. The van der Waals surface area contributed by atoms with Crippen LogP contribution in [0.5, 0.6) is 5.75 Å². The molecule has 0 unspecified atom stereocenters. The molecule has 5 nitrogen and oxygen atoms in total. The molecule has 1 saturated heterocycles. The first-order chi connectivity index (χ1) is 14.0. The maximum atomic E-state index is 12.1. The number of ether oxygens (including phenoxy) is 2. The van der Waals surface area contributed by atoms with Gasteiger partial charge in [-0.05, 0) is 85.4 Å². The predicted octanol–water partition coefficient (Wildman–Crippen LogP) is 3.64. The smallest absolute Gasteiger partial charge is 0.248 e. The summed E-state index contributed by atoms with van der Waals surface area (Å²) in [6.45, 7) is 3.36. The zero-order chi connectivity index (χ0) is 20.4. The standard InChI is InChI=1S/C24H30N2O3/c1-15(25)16-4-5-18-12-19(7-6-17(18)11-16)23-13-20(8-9-22(23)24(26)27)29-14-21-3-2-10-28-21/h4-5,8-9,11,13,15,19,21H,2-3,6-7,10,12,14,25H2,1H3,(H2,26,27)/t15-,19-,21-/m0/s1. The number of benzene rings is 2. The van der Waals surface area contributed by atoms with Gasteiger partial charge in [-0.15, -0.1) is 0 Å². The molecule has 4 rings (SSSR count). The second kappa shape index (κ2) is 8.56. The summed E-state index contributed by atoms with van der Waals surface area (Å²) in [7, 11) is 0. The Morgan fingerprint density at radius 1 is 1.21 bits per heavy atom. The van der Waals surface area contributed by atoms with Crippen molar-refractivity contribution >= 4 is 5.91 Å². The summed E-state index contributed by atoms with van der Waals surface area (Å²) in [5, 5.41) is 0. The minimum Gasteiger partial charge on any atom is -0.491 e. The van der Waals surface area contributed by atoms with Crippen LogP contribution < -0.4 is 16.2 Å². The van der Waals surface area contributed by atoms with Crippen molar-refractivity contribution in [1.82, 2.24) is 0 Å². The Labute approximate surface area is 172 Å². The lowest BCUT2D eigenvalue weighted by atomic mass is 9.78. The van der Waals surface area contributed by atoms with Gasteiger partial charge in [-0.2, -0.15) is 0 Å². The topological polar surface area (TPSA) is 87.6 Å². The number of hydrogen-bond acceptors (Lipinski definition) is 4. The van der Waals surface area contributed by atoms with E-state index in [1.165, 1.54) is 16.7 Å². The number of nitrogens with two attached hydrogens (primary N) is 2. The quantitative estimate of drug-likeness (QED) is 0.783. The molecule has 3 atom stereocenters. The monoisotopic (exact) mass is 394 g/mol. The van der Waals surface area contributed by atoms with E-state index in [1.807, 2.05) is 19.1 Å². The van der Waals surface area contributed by atoms with Gasteiger partial charge in [0.25, 0.3) is 0 Å². The Morgan fingerprint density at radius 2 is 2.07 bits per heavy atom. The molecule has 2 aromatic rings. The number of carbonyl (C=O) groups is 1. The average molecular weight is 395 g/mol. The second-order valence-electron chi connectivity index (χ2n) is 8.32. The summed E-state index contributed by atoms with van der Waals surface area (Å²) < 4.78 is 11.6. The number of primary amides is 1. The molecule has 1 fully saturated rings. The molecule has 29 heavy (non-hydrogen) atoms. The van der Waals surface area contributed by atoms with E-state index in [1.54, 1.807) is 6.07 Å². The van der Waals surface area contributed by atoms with Crippen LogP contribution in [0, 0.1) is 0 Å². The SMILES string of the molecule is C[C@H](N)c1ccc2c(c1)CC[C@H](c1cc(OC[C@@H]3CCCO3)ccc1C(N)=O)C2. The summed E-state index contributed by atoms with van der Waals surface area (Å²) in [6.07, 6.45) is 5.13. The van der Waals surface area contributed by atoms with Crippen molar-refractivity contribution in [2.75, 3.05) is 13.2 Å². The third-order valence-corrected chi connectivity index (χ3v) is 6.17. The summed E-state index contributed by atoms with van der Waals surface area (Å²) >= 11 is 0. The van der Waals surface area contributed by atoms with Gasteiger partial charge in [0, 0.05) is 18.2 Å². The summed E-state index contributed by atoms with van der Waals surface area (Å²) in [5.41, 5.74) is 17.2. The minimum atomic E-state index is -0.385. The van der Waals surface area contributed by atoms with Crippen LogP contribution in [0.4, 0.5) is 0 Å². The molecule has 0 aromatic heterocycles. The Balaban J connectivity index is 1.55. The molecule has 1 heterocycles. The van der Waals surface area contributed by atoms with Gasteiger partial charge >= 0.3 is 0 Å². The van der Waals surface area contributed by atoms with Gasteiger partial charge in [0.15, 0.2) is 0 Å². The van der Waals surface area contributed by atoms with Crippen LogP contribution in [0.25, 0.3) is 0 Å². The fraction of sp³-hybridized carbons (Fsp3) is 0.458. The van der Waals surface area contributed by atoms with E-state index in [2.05, 4.69) is 18.2 Å². The van der Waals surface area contributed by atoms with Crippen LogP contribution in [0.2, 0.25) is 0 Å². The van der Waals surface area contributed by atoms with Crippen LogP contribution in [-0.4, -0.2) is 25.2 Å². The zero-order valence-electron chi connectivity index (χ0n) is 17.0. The van der Waals surface area contributed by atoms with Crippen molar-refractivity contribution < 1.29 is 14.3 Å². The summed E-state index contributed by atoms with van der Waals surface area (Å²) in [6, 6.07) is 12.2. The highest BCUT2D eigenvalue weighted by atomic mass is 16.5. The molecule has 1 aliphatic carbocycles. The largest absolute Gasteiger partial charge is 0.491 e. The molecule has 2 aliphatic rings. The average Bonchev–Trinajstić information content (AvgIpc) is 3.24. The van der Waals surface area contributed by atoms with Crippen molar-refractivity contribution in [3.05, 3.63) is 64.2 Å². The van der Waals surface area contributed by atoms with Crippen LogP contribution in [0.1, 0.15) is 70.8 Å². The summed E-state index contributed by atoms with van der Waals surface area (Å²) in [5.74, 6) is 0.639. The first-order valence-electron chi connectivity index (χ1n) is 10.6. The number of aryl methyl sites for hydroxylation is 1. The van der Waals surface area contributed by atoms with E-state index >= 15 is 0 Å². The van der Waals surface area contributed by atoms with E-state index < -0.39 is 0 Å². The molecule has 0 radical (unpaired) electrons. The Morgan fingerprint density at radius 3 is 2.79 bits per heavy atom. The highest BCUT2D eigenvalue weighted by Crippen LogP contribution is 2.36. The molecule has 2 aromatic carbocycles. The lowest BCUT2D eigenvalue weighted by Gasteiger charge is -2.27. The van der Waals surface area contributed by atoms with Crippen molar-refractivity contribution in [2.45, 2.75) is 57.1 Å². The molecule has 5 heteroatoms. The van der Waals surface area contributed by atoms with Gasteiger partial charge in [-0.1, -0.05) is 18.2 Å². The summed E-state index contributed by atoms with van der Waals surface area (Å²) in [4.78, 5) is 12.1. The molecule has 1 amide bonds. The van der Waals surface area contributed by atoms with Crippen molar-refractivity contribution in [1.29, 1.82) is 0 Å². The van der Waals surface area contributed by atoms with Gasteiger partial charge in [-0.25, -0.2) is 0 Å². The van der Waals surface area contributed by atoms with E-state index in [9.17, 15) is 4.79 Å². The van der Waals surface area contributed by atoms with Gasteiger partial charge in [-0.3, -0.25) is 4.79 Å². The molecule has 0 saturated carbocycles. The van der Waals surface area contributed by atoms with E-state index in [0.717, 1.165) is 50.0 Å². The number of amides is 1. The fourth-order valence-corrected chi connectivity index (χ4v) is 4.48. The Bertz CT molecular complexity index is 888. The van der Waals surface area contributed by atoms with Gasteiger partial charge in [0.2, 0.25) is 5.91 Å². The molecule has 1 aliphatic heterocycles. The first kappa shape index (κ1) is 19.9. The Kier molecular flexibility index (Phi) is 5.88. The lowest BCUT2D eigenvalue weighted by molar-refractivity contribution is 0.0679. The fourth-order valence-electron chi connectivity index (χ4n) is 4.48. The van der Waals surface area contributed by atoms with E-state index in [-0.39, 0.29) is 24.0 Å². The lowest BCUT2D eigenvalue weighted by Crippen LogP contribution is -2.20. The number of carbonyl (C=O) groups excluding carboxylic acids is 1. The molecule has 0 spiro atoms. The molecule has 4 N–H and O–H groups in total.